The van der Waals surface area contributed by atoms with Crippen LogP contribution in [0.2, 0.25) is 0 Å². The maximum absolute atomic E-state index is 4.26. The Bertz CT molecular complexity index is 17.7. The molecule has 0 aromatic rings. The van der Waals surface area contributed by atoms with Gasteiger partial charge in [-0.25, -0.2) is 0 Å². The topological polar surface area (TPSA) is 9.23 Å². The second-order valence-electron chi connectivity index (χ2n) is 0.0583. The van der Waals surface area contributed by atoms with Crippen LogP contribution in [0.15, 0.2) is 0 Å². The minimum Gasteiger partial charge on any atom is 0 e. The predicted octanol–water partition coefficient (Wildman–Crippen LogP) is -0.794. The monoisotopic (exact) mass is 579 g/mol. The zero-order valence-corrected chi connectivity index (χ0v) is 13.6. The van der Waals surface area contributed by atoms with Crippen molar-refractivity contribution < 1.29 is 47.9 Å². The fourth-order valence-corrected chi connectivity index (χ4v) is 0. The van der Waals surface area contributed by atoms with Gasteiger partial charge in [-0.15, -0.1) is 0 Å². The van der Waals surface area contributed by atoms with Crippen LogP contribution < -0.4 is 0 Å². The van der Waals surface area contributed by atoms with E-state index in [1.165, 1.54) is 0 Å². The molecule has 0 aromatic carbocycles. The van der Waals surface area contributed by atoms with Gasteiger partial charge in [0.25, 0.3) is 0 Å². The van der Waals surface area contributed by atoms with Gasteiger partial charge in [-0.3, -0.25) is 0 Å². The van der Waals surface area contributed by atoms with E-state index in [1.54, 1.807) is 0 Å². The zero-order chi connectivity index (χ0) is 2.71. The molecule has 1 radical (unpaired) electrons. The second kappa shape index (κ2) is 31.4. The molecule has 0 N–H and O–H groups in total. The number of halogens is 2. The zero-order valence-electron chi connectivity index (χ0n) is 2.82. The summed E-state index contributed by atoms with van der Waals surface area (Å²) in [5, 5.41) is 0. The van der Waals surface area contributed by atoms with E-state index < -0.39 is 0 Å². The maximum atomic E-state index is 4.26. The van der Waals surface area contributed by atoms with E-state index in [2.05, 4.69) is 27.6 Å². The summed E-state index contributed by atoms with van der Waals surface area (Å²) in [5.74, 6) is 0. The van der Waals surface area contributed by atoms with Crippen molar-refractivity contribution in [3.05, 3.63) is 0 Å². The van der Waals surface area contributed by atoms with Gasteiger partial charge in [0.1, 0.15) is 0 Å². The Kier molecular flexibility index (Phi) is 135. The van der Waals surface area contributed by atoms with E-state index in [1.807, 2.05) is 0 Å². The van der Waals surface area contributed by atoms with Crippen molar-refractivity contribution in [2.45, 2.75) is 0 Å². The van der Waals surface area contributed by atoms with Gasteiger partial charge in [-0.1, -0.05) is 0 Å². The average molecular weight is 579 g/mol. The first kappa shape index (κ1) is 30.1. The molecule has 0 atom stereocenters. The van der Waals surface area contributed by atoms with Crippen LogP contribution in [0, 0.1) is 0 Å². The van der Waals surface area contributed by atoms with E-state index in [0.717, 1.165) is 0 Å². The van der Waals surface area contributed by atoms with Gasteiger partial charge >= 0.3 is 75.1 Å². The molecule has 0 rings (SSSR count). The molecule has 0 aromatic heterocycles. The molecule has 0 fully saturated rings. The molecule has 7 heavy (non-hydrogen) atoms. The van der Waals surface area contributed by atoms with E-state index in [4.69, 9.17) is 0 Å². The fourth-order valence-electron chi connectivity index (χ4n) is 0. The van der Waals surface area contributed by atoms with E-state index in [9.17, 15) is 0 Å². The predicted molar refractivity (Wildman–Crippen MR) is 31.3 cm³/mol. The maximum Gasteiger partial charge on any atom is 0 e. The van der Waals surface area contributed by atoms with Gasteiger partial charge in [0.05, 0.1) is 23.7 Å². The summed E-state index contributed by atoms with van der Waals surface area (Å²) in [6.07, 6.45) is 0. The summed E-state index contributed by atoms with van der Waals surface area (Å²) in [4.78, 5) is 0. The molecule has 7 heteroatoms. The molecule has 0 aliphatic rings. The smallest absolute Gasteiger partial charge is 0 e. The molecule has 0 aliphatic heterocycles. The molecule has 0 unspecified atom stereocenters. The van der Waals surface area contributed by atoms with Crippen molar-refractivity contribution >= 4 is 98.8 Å². The van der Waals surface area contributed by atoms with Crippen molar-refractivity contribution in [1.82, 2.24) is 0 Å². The summed E-state index contributed by atoms with van der Waals surface area (Å²) in [7, 11) is 0. The Morgan fingerprint density at radius 2 is 1.14 bits per heavy atom. The number of hydrogen-bond donors (Lipinski definition) is 0. The summed E-state index contributed by atoms with van der Waals surface area (Å²) in [5.41, 5.74) is 0. The quantitative estimate of drug-likeness (QED) is 0.343. The molecule has 0 spiro atoms. The Labute approximate surface area is 143 Å². The Balaban J connectivity index is -0.00000000333. The summed E-state index contributed by atoms with van der Waals surface area (Å²) in [6.45, 7) is 0. The third-order valence-electron chi connectivity index (χ3n) is 0. The van der Waals surface area contributed by atoms with Crippen LogP contribution in [-0.2, 0) is 47.9 Å². The molecule has 0 saturated heterocycles. The van der Waals surface area contributed by atoms with Crippen molar-refractivity contribution in [2.75, 3.05) is 0 Å². The second-order valence-corrected chi connectivity index (χ2v) is 0.525. The van der Waals surface area contributed by atoms with Crippen molar-refractivity contribution in [3.8, 4) is 0 Å². The molecule has 0 amide bonds. The normalized spacial score (nSPS) is 2.57. The minimum atomic E-state index is 0. The minimum absolute atomic E-state index is 0. The van der Waals surface area contributed by atoms with Crippen LogP contribution in [0.4, 0.5) is 0 Å². The molecule has 1 nitrogen and oxygen atoms in total. The van der Waals surface area contributed by atoms with E-state index in [0.29, 0.717) is 0 Å². The summed E-state index contributed by atoms with van der Waals surface area (Å²) in [6, 6.07) is 0. The largest absolute Gasteiger partial charge is 0 e. The van der Waals surface area contributed by atoms with Crippen molar-refractivity contribution in [3.63, 3.8) is 0 Å². The molecule has 0 heterocycles. The SMILES string of the molecule is ClOCl.[BaH2].[BiH3].[Nb].[Ti]. The van der Waals surface area contributed by atoms with Crippen LogP contribution in [-0.4, -0.2) is 75.1 Å². The summed E-state index contributed by atoms with van der Waals surface area (Å²) < 4.78 is 3.19. The van der Waals surface area contributed by atoms with Crippen LogP contribution in [0.5, 0.6) is 0 Å². The Morgan fingerprint density at radius 1 is 1.14 bits per heavy atom. The molecule has 0 aliphatic carbocycles. The fraction of sp³-hybridized carbons (Fsp3) is 0. The number of hydrogen-bond acceptors (Lipinski definition) is 1. The van der Waals surface area contributed by atoms with Crippen molar-refractivity contribution in [1.29, 1.82) is 0 Å². The van der Waals surface area contributed by atoms with Gasteiger partial charge in [-0.05, 0) is 0 Å². The third-order valence-corrected chi connectivity index (χ3v) is 0. The van der Waals surface area contributed by atoms with Gasteiger partial charge < -0.3 is 0 Å². The first-order chi connectivity index (χ1) is 1.41. The molecule has 41 valence electrons. The molecule has 0 bridgehead atoms. The Morgan fingerprint density at radius 3 is 1.14 bits per heavy atom. The van der Waals surface area contributed by atoms with E-state index in [-0.39, 0.29) is 119 Å². The van der Waals surface area contributed by atoms with Crippen LogP contribution in [0.25, 0.3) is 0 Å². The van der Waals surface area contributed by atoms with Gasteiger partial charge in [0.2, 0.25) is 0 Å². The third kappa shape index (κ3) is 37.7. The average Bonchev–Trinajstić information content (AvgIpc) is 0.918. The first-order valence-electron chi connectivity index (χ1n) is 0.309. The van der Waals surface area contributed by atoms with Crippen LogP contribution in [0.1, 0.15) is 0 Å². The van der Waals surface area contributed by atoms with Gasteiger partial charge in [0.15, 0.2) is 0 Å². The summed E-state index contributed by atoms with van der Waals surface area (Å²) >= 11 is 8.53. The van der Waals surface area contributed by atoms with E-state index >= 15 is 0 Å². The Hall–Kier alpha value is 4.45. The van der Waals surface area contributed by atoms with Crippen LogP contribution in [0.3, 0.4) is 0 Å². The number of rotatable bonds is 0. The molecular formula is H5BaBiCl2NbOTi. The van der Waals surface area contributed by atoms with Gasteiger partial charge in [-0.2, -0.15) is 3.84 Å². The molecular weight excluding hydrogens is 574 g/mol. The molecule has 0 saturated carbocycles. The van der Waals surface area contributed by atoms with Crippen molar-refractivity contribution in [2.24, 2.45) is 0 Å². The van der Waals surface area contributed by atoms with Gasteiger partial charge in [0, 0.05) is 44.1 Å². The first-order valence-corrected chi connectivity index (χ1v) is 0.926. The van der Waals surface area contributed by atoms with Crippen LogP contribution >= 0.6 is 23.7 Å². The standard InChI is InChI=1S/Ba.Bi.Cl2O.Nb.Ti.5H/c;;1-3-2;;;;;;;.